The van der Waals surface area contributed by atoms with Crippen LogP contribution in [-0.4, -0.2) is 35.6 Å². The fourth-order valence-electron chi connectivity index (χ4n) is 2.93. The Kier molecular flexibility index (Phi) is 4.97. The van der Waals surface area contributed by atoms with E-state index in [9.17, 15) is 14.4 Å². The monoisotopic (exact) mass is 340 g/mol. The first-order valence-electron chi connectivity index (χ1n) is 8.29. The van der Waals surface area contributed by atoms with Crippen molar-refractivity contribution >= 4 is 23.3 Å². The lowest BCUT2D eigenvalue weighted by Crippen LogP contribution is -2.41. The molecule has 2 amide bonds. The second-order valence-electron chi connectivity index (χ2n) is 6.17. The molecule has 1 aliphatic heterocycles. The van der Waals surface area contributed by atoms with Crippen molar-refractivity contribution < 1.29 is 18.8 Å². The van der Waals surface area contributed by atoms with Crippen LogP contribution < -0.4 is 5.32 Å². The standard InChI is InChI=1S/C19H20N2O4/c1-13(22)14-4-6-16(7-5-14)20-18(23)15-8-10-21(11-9-15)19(24)17-3-2-12-25-17/h2-7,12,15H,8-11H2,1H3,(H,20,23). The number of anilines is 1. The fourth-order valence-corrected chi connectivity index (χ4v) is 2.93. The predicted octanol–water partition coefficient (Wildman–Crippen LogP) is 2.97. The van der Waals surface area contributed by atoms with Crippen LogP contribution in [-0.2, 0) is 4.79 Å². The molecule has 6 nitrogen and oxygen atoms in total. The molecule has 1 aliphatic rings. The zero-order chi connectivity index (χ0) is 17.8. The summed E-state index contributed by atoms with van der Waals surface area (Å²) in [5, 5.41) is 2.88. The number of benzene rings is 1. The van der Waals surface area contributed by atoms with E-state index in [1.807, 2.05) is 0 Å². The Morgan fingerprint density at radius 3 is 2.32 bits per heavy atom. The molecular weight excluding hydrogens is 320 g/mol. The molecule has 2 aromatic rings. The highest BCUT2D eigenvalue weighted by atomic mass is 16.3. The maximum atomic E-state index is 12.4. The molecule has 1 aromatic heterocycles. The molecule has 3 rings (SSSR count). The highest BCUT2D eigenvalue weighted by Gasteiger charge is 2.28. The number of nitrogens with zero attached hydrogens (tertiary/aromatic N) is 1. The van der Waals surface area contributed by atoms with Crippen molar-refractivity contribution in [2.75, 3.05) is 18.4 Å². The van der Waals surface area contributed by atoms with Gasteiger partial charge in [0, 0.05) is 30.3 Å². The number of rotatable bonds is 4. The van der Waals surface area contributed by atoms with Crippen molar-refractivity contribution in [2.45, 2.75) is 19.8 Å². The maximum Gasteiger partial charge on any atom is 0.289 e. The normalized spacial score (nSPS) is 15.0. The van der Waals surface area contributed by atoms with E-state index < -0.39 is 0 Å². The number of hydrogen-bond donors (Lipinski definition) is 1. The lowest BCUT2D eigenvalue weighted by Gasteiger charge is -2.30. The number of ketones is 1. The van der Waals surface area contributed by atoms with Crippen molar-refractivity contribution in [1.82, 2.24) is 4.90 Å². The summed E-state index contributed by atoms with van der Waals surface area (Å²) < 4.78 is 5.13. The molecular formula is C19H20N2O4. The summed E-state index contributed by atoms with van der Waals surface area (Å²) in [6, 6.07) is 10.2. The van der Waals surface area contributed by atoms with E-state index in [1.54, 1.807) is 41.3 Å². The first-order valence-corrected chi connectivity index (χ1v) is 8.29. The Hall–Kier alpha value is -2.89. The van der Waals surface area contributed by atoms with Crippen molar-refractivity contribution in [3.8, 4) is 0 Å². The smallest absolute Gasteiger partial charge is 0.289 e. The molecule has 1 N–H and O–H groups in total. The predicted molar refractivity (Wildman–Crippen MR) is 92.4 cm³/mol. The summed E-state index contributed by atoms with van der Waals surface area (Å²) in [6.07, 6.45) is 2.71. The fraction of sp³-hybridized carbons (Fsp3) is 0.316. The van der Waals surface area contributed by atoms with Crippen LogP contribution in [0.2, 0.25) is 0 Å². The van der Waals surface area contributed by atoms with E-state index in [-0.39, 0.29) is 23.5 Å². The van der Waals surface area contributed by atoms with Gasteiger partial charge in [0.15, 0.2) is 11.5 Å². The molecule has 1 fully saturated rings. The first-order chi connectivity index (χ1) is 12.0. The molecule has 25 heavy (non-hydrogen) atoms. The Bertz CT molecular complexity index is 757. The van der Waals surface area contributed by atoms with E-state index >= 15 is 0 Å². The van der Waals surface area contributed by atoms with Crippen LogP contribution in [0.15, 0.2) is 47.1 Å². The number of furan rings is 1. The molecule has 0 unspecified atom stereocenters. The number of likely N-dealkylation sites (tertiary alicyclic amines) is 1. The molecule has 1 aromatic carbocycles. The average Bonchev–Trinajstić information content (AvgIpc) is 3.16. The Morgan fingerprint density at radius 1 is 1.08 bits per heavy atom. The number of hydrogen-bond acceptors (Lipinski definition) is 4. The number of carbonyl (C=O) groups is 3. The number of nitrogens with one attached hydrogen (secondary N) is 1. The molecule has 0 atom stereocenters. The molecule has 0 saturated carbocycles. The Balaban J connectivity index is 1.53. The summed E-state index contributed by atoms with van der Waals surface area (Å²) in [5.41, 5.74) is 1.28. The Morgan fingerprint density at radius 2 is 1.76 bits per heavy atom. The summed E-state index contributed by atoms with van der Waals surface area (Å²) in [7, 11) is 0. The van der Waals surface area contributed by atoms with Gasteiger partial charge in [-0.3, -0.25) is 14.4 Å². The highest BCUT2D eigenvalue weighted by molar-refractivity contribution is 5.96. The summed E-state index contributed by atoms with van der Waals surface area (Å²) >= 11 is 0. The third-order valence-electron chi connectivity index (χ3n) is 4.44. The van der Waals surface area contributed by atoms with Gasteiger partial charge in [-0.15, -0.1) is 0 Å². The van der Waals surface area contributed by atoms with E-state index in [4.69, 9.17) is 4.42 Å². The number of piperidine rings is 1. The summed E-state index contributed by atoms with van der Waals surface area (Å²) in [6.45, 7) is 2.56. The van der Waals surface area contributed by atoms with Crippen LogP contribution in [0.3, 0.4) is 0 Å². The lowest BCUT2D eigenvalue weighted by molar-refractivity contribution is -0.121. The molecule has 0 aliphatic carbocycles. The Labute approximate surface area is 145 Å². The van der Waals surface area contributed by atoms with Gasteiger partial charge in [-0.2, -0.15) is 0 Å². The average molecular weight is 340 g/mol. The van der Waals surface area contributed by atoms with Gasteiger partial charge in [0.05, 0.1) is 6.26 Å². The van der Waals surface area contributed by atoms with Crippen LogP contribution >= 0.6 is 0 Å². The molecule has 0 bridgehead atoms. The topological polar surface area (TPSA) is 79.6 Å². The largest absolute Gasteiger partial charge is 0.459 e. The van der Waals surface area contributed by atoms with E-state index in [0.717, 1.165) is 0 Å². The zero-order valence-corrected chi connectivity index (χ0v) is 14.0. The van der Waals surface area contributed by atoms with Gasteiger partial charge < -0.3 is 14.6 Å². The molecule has 130 valence electrons. The van der Waals surface area contributed by atoms with Crippen LogP contribution in [0.5, 0.6) is 0 Å². The summed E-state index contributed by atoms with van der Waals surface area (Å²) in [4.78, 5) is 37.6. The first kappa shape index (κ1) is 17.0. The summed E-state index contributed by atoms with van der Waals surface area (Å²) in [5.74, 6) is -0.00239. The van der Waals surface area contributed by atoms with Crippen LogP contribution in [0.4, 0.5) is 5.69 Å². The van der Waals surface area contributed by atoms with Crippen molar-refractivity contribution in [3.05, 3.63) is 54.0 Å². The second-order valence-corrected chi connectivity index (χ2v) is 6.17. The highest BCUT2D eigenvalue weighted by Crippen LogP contribution is 2.21. The van der Waals surface area contributed by atoms with Gasteiger partial charge in [0.2, 0.25) is 5.91 Å². The van der Waals surface area contributed by atoms with Gasteiger partial charge in [-0.05, 0) is 56.2 Å². The SMILES string of the molecule is CC(=O)c1ccc(NC(=O)C2CCN(C(=O)c3ccco3)CC2)cc1. The lowest BCUT2D eigenvalue weighted by atomic mass is 9.95. The van der Waals surface area contributed by atoms with E-state index in [2.05, 4.69) is 5.32 Å². The van der Waals surface area contributed by atoms with E-state index in [0.29, 0.717) is 42.9 Å². The minimum absolute atomic E-state index is 0.00790. The minimum Gasteiger partial charge on any atom is -0.459 e. The number of Topliss-reactive ketones (excluding diaryl/α,β-unsaturated/α-hetero) is 1. The van der Waals surface area contributed by atoms with E-state index in [1.165, 1.54) is 13.2 Å². The molecule has 2 heterocycles. The van der Waals surface area contributed by atoms with Crippen LogP contribution in [0.25, 0.3) is 0 Å². The van der Waals surface area contributed by atoms with Crippen molar-refractivity contribution in [2.24, 2.45) is 5.92 Å². The van der Waals surface area contributed by atoms with Crippen molar-refractivity contribution in [3.63, 3.8) is 0 Å². The van der Waals surface area contributed by atoms with Gasteiger partial charge in [0.25, 0.3) is 5.91 Å². The van der Waals surface area contributed by atoms with Gasteiger partial charge in [-0.1, -0.05) is 0 Å². The third kappa shape index (κ3) is 3.96. The zero-order valence-electron chi connectivity index (χ0n) is 14.0. The minimum atomic E-state index is -0.135. The molecule has 0 radical (unpaired) electrons. The molecule has 0 spiro atoms. The van der Waals surface area contributed by atoms with Crippen LogP contribution in [0.1, 0.15) is 40.7 Å². The van der Waals surface area contributed by atoms with Gasteiger partial charge in [-0.25, -0.2) is 0 Å². The van der Waals surface area contributed by atoms with Gasteiger partial charge >= 0.3 is 0 Å². The number of amides is 2. The quantitative estimate of drug-likeness (QED) is 0.868. The molecule has 1 saturated heterocycles. The van der Waals surface area contributed by atoms with Crippen LogP contribution in [0, 0.1) is 5.92 Å². The van der Waals surface area contributed by atoms with Crippen molar-refractivity contribution in [1.29, 1.82) is 0 Å². The third-order valence-corrected chi connectivity index (χ3v) is 4.44. The second kappa shape index (κ2) is 7.34. The molecule has 6 heteroatoms. The number of carbonyl (C=O) groups excluding carboxylic acids is 3. The maximum absolute atomic E-state index is 12.4. The van der Waals surface area contributed by atoms with Gasteiger partial charge in [0.1, 0.15) is 0 Å².